The topological polar surface area (TPSA) is 6.48 Å². The Morgan fingerprint density at radius 3 is 2.13 bits per heavy atom. The van der Waals surface area contributed by atoms with E-state index in [4.69, 9.17) is 23.2 Å². The van der Waals surface area contributed by atoms with Crippen molar-refractivity contribution in [1.29, 1.82) is 0 Å². The maximum absolute atomic E-state index is 6.10. The fourth-order valence-corrected chi connectivity index (χ4v) is 3.35. The first-order valence-corrected chi connectivity index (χ1v) is 8.80. The molecule has 0 atom stereocenters. The molecule has 0 aromatic heterocycles. The molecule has 2 nitrogen and oxygen atoms in total. The van der Waals surface area contributed by atoms with Gasteiger partial charge in [-0.05, 0) is 35.7 Å². The average molecular weight is 349 g/mol. The molecule has 1 saturated heterocycles. The third kappa shape index (κ3) is 4.48. The van der Waals surface area contributed by atoms with Gasteiger partial charge in [0.1, 0.15) is 0 Å². The normalized spacial score (nSPS) is 16.7. The van der Waals surface area contributed by atoms with Gasteiger partial charge in [-0.2, -0.15) is 0 Å². The van der Waals surface area contributed by atoms with Crippen molar-refractivity contribution in [3.63, 3.8) is 0 Å². The molecule has 2 aromatic carbocycles. The average Bonchev–Trinajstić information content (AvgIpc) is 2.55. The van der Waals surface area contributed by atoms with E-state index in [0.29, 0.717) is 10.0 Å². The van der Waals surface area contributed by atoms with Crippen molar-refractivity contribution in [3.8, 4) is 0 Å². The van der Waals surface area contributed by atoms with Crippen LogP contribution in [-0.2, 0) is 13.1 Å². The van der Waals surface area contributed by atoms with Gasteiger partial charge >= 0.3 is 0 Å². The number of benzene rings is 2. The second-order valence-corrected chi connectivity index (χ2v) is 7.04. The summed E-state index contributed by atoms with van der Waals surface area (Å²) in [5.74, 6) is 0. The van der Waals surface area contributed by atoms with Gasteiger partial charge in [0, 0.05) is 39.3 Å². The molecule has 122 valence electrons. The van der Waals surface area contributed by atoms with Crippen molar-refractivity contribution in [3.05, 3.63) is 69.2 Å². The molecule has 0 aliphatic carbocycles. The summed E-state index contributed by atoms with van der Waals surface area (Å²) in [6.45, 7) is 8.57. The molecule has 0 amide bonds. The number of hydrogen-bond donors (Lipinski definition) is 0. The number of halogens is 2. The van der Waals surface area contributed by atoms with E-state index < -0.39 is 0 Å². The molecule has 1 fully saturated rings. The third-order valence-electron chi connectivity index (χ3n) is 4.51. The summed E-state index contributed by atoms with van der Waals surface area (Å²) < 4.78 is 0. The van der Waals surface area contributed by atoms with Gasteiger partial charge in [0.2, 0.25) is 0 Å². The zero-order valence-corrected chi connectivity index (χ0v) is 14.9. The lowest BCUT2D eigenvalue weighted by molar-refractivity contribution is 0.122. The van der Waals surface area contributed by atoms with E-state index >= 15 is 0 Å². The highest BCUT2D eigenvalue weighted by molar-refractivity contribution is 6.42. The highest BCUT2D eigenvalue weighted by atomic mass is 35.5. The van der Waals surface area contributed by atoms with E-state index in [1.807, 2.05) is 12.1 Å². The summed E-state index contributed by atoms with van der Waals surface area (Å²) in [5, 5.41) is 1.26. The molecule has 0 bridgehead atoms. The van der Waals surface area contributed by atoms with Crippen molar-refractivity contribution in [2.45, 2.75) is 20.0 Å². The minimum absolute atomic E-state index is 0.624. The van der Waals surface area contributed by atoms with E-state index in [1.54, 1.807) is 0 Å². The van der Waals surface area contributed by atoms with Gasteiger partial charge in [0.25, 0.3) is 0 Å². The molecular weight excluding hydrogens is 327 g/mol. The first-order valence-electron chi connectivity index (χ1n) is 8.05. The Kier molecular flexibility index (Phi) is 5.60. The zero-order valence-electron chi connectivity index (χ0n) is 13.4. The maximum Gasteiger partial charge on any atom is 0.0595 e. The van der Waals surface area contributed by atoms with Crippen molar-refractivity contribution in [1.82, 2.24) is 9.80 Å². The molecule has 0 radical (unpaired) electrons. The van der Waals surface area contributed by atoms with Crippen LogP contribution < -0.4 is 0 Å². The lowest BCUT2D eigenvalue weighted by Gasteiger charge is -2.35. The zero-order chi connectivity index (χ0) is 16.2. The van der Waals surface area contributed by atoms with Gasteiger partial charge < -0.3 is 0 Å². The molecule has 0 unspecified atom stereocenters. The molecule has 1 aliphatic heterocycles. The van der Waals surface area contributed by atoms with E-state index in [-0.39, 0.29) is 0 Å². The second-order valence-electron chi connectivity index (χ2n) is 6.23. The van der Waals surface area contributed by atoms with Gasteiger partial charge in [0.15, 0.2) is 0 Å². The van der Waals surface area contributed by atoms with Crippen molar-refractivity contribution < 1.29 is 0 Å². The predicted molar refractivity (Wildman–Crippen MR) is 98.2 cm³/mol. The van der Waals surface area contributed by atoms with Crippen LogP contribution in [0.5, 0.6) is 0 Å². The van der Waals surface area contributed by atoms with Crippen molar-refractivity contribution in [2.24, 2.45) is 0 Å². The quantitative estimate of drug-likeness (QED) is 0.795. The molecule has 0 N–H and O–H groups in total. The van der Waals surface area contributed by atoms with Crippen LogP contribution in [0.25, 0.3) is 0 Å². The first-order chi connectivity index (χ1) is 11.1. The van der Waals surface area contributed by atoms with Crippen LogP contribution in [0.1, 0.15) is 16.7 Å². The van der Waals surface area contributed by atoms with E-state index in [9.17, 15) is 0 Å². The summed E-state index contributed by atoms with van der Waals surface area (Å²) in [5.41, 5.74) is 4.04. The van der Waals surface area contributed by atoms with Crippen molar-refractivity contribution >= 4 is 23.2 Å². The largest absolute Gasteiger partial charge is 0.297 e. The fourth-order valence-electron chi connectivity index (χ4n) is 3.03. The monoisotopic (exact) mass is 348 g/mol. The van der Waals surface area contributed by atoms with Crippen LogP contribution in [0.2, 0.25) is 10.0 Å². The van der Waals surface area contributed by atoms with Gasteiger partial charge in [-0.3, -0.25) is 9.80 Å². The van der Waals surface area contributed by atoms with Crippen LogP contribution in [0.3, 0.4) is 0 Å². The number of nitrogens with zero attached hydrogens (tertiary/aromatic N) is 2. The number of rotatable bonds is 4. The van der Waals surface area contributed by atoms with E-state index in [1.165, 1.54) is 16.7 Å². The predicted octanol–water partition coefficient (Wildman–Crippen LogP) is 4.62. The second kappa shape index (κ2) is 7.67. The molecule has 23 heavy (non-hydrogen) atoms. The number of piperazine rings is 1. The smallest absolute Gasteiger partial charge is 0.0595 e. The Hall–Kier alpha value is -1.06. The standard InChI is InChI=1S/C19H22Cl2N2/c1-15-4-2-3-5-17(15)14-23-10-8-22(9-11-23)13-16-6-7-18(20)19(21)12-16/h2-7,12H,8-11,13-14H2,1H3. The summed E-state index contributed by atoms with van der Waals surface area (Å²) >= 11 is 12.1. The van der Waals surface area contributed by atoms with E-state index in [2.05, 4.69) is 47.1 Å². The maximum atomic E-state index is 6.10. The highest BCUT2D eigenvalue weighted by Crippen LogP contribution is 2.23. The molecule has 0 spiro atoms. The minimum atomic E-state index is 0.624. The summed E-state index contributed by atoms with van der Waals surface area (Å²) in [4.78, 5) is 5.02. The lowest BCUT2D eigenvalue weighted by atomic mass is 10.1. The molecule has 1 heterocycles. The van der Waals surface area contributed by atoms with Crippen LogP contribution in [0, 0.1) is 6.92 Å². The Bertz CT molecular complexity index is 664. The minimum Gasteiger partial charge on any atom is -0.297 e. The summed E-state index contributed by atoms with van der Waals surface area (Å²) in [6.07, 6.45) is 0. The summed E-state index contributed by atoms with van der Waals surface area (Å²) in [6, 6.07) is 14.6. The molecule has 1 aliphatic rings. The SMILES string of the molecule is Cc1ccccc1CN1CCN(Cc2ccc(Cl)c(Cl)c2)CC1. The highest BCUT2D eigenvalue weighted by Gasteiger charge is 2.17. The van der Waals surface area contributed by atoms with Gasteiger partial charge in [-0.15, -0.1) is 0 Å². The van der Waals surface area contributed by atoms with Crippen LogP contribution >= 0.6 is 23.2 Å². The molecule has 0 saturated carbocycles. The molecule has 3 rings (SSSR count). The van der Waals surface area contributed by atoms with Crippen LogP contribution in [-0.4, -0.2) is 36.0 Å². The molecular formula is C19H22Cl2N2. The van der Waals surface area contributed by atoms with Gasteiger partial charge in [-0.25, -0.2) is 0 Å². The van der Waals surface area contributed by atoms with Crippen LogP contribution in [0.15, 0.2) is 42.5 Å². The van der Waals surface area contributed by atoms with Crippen molar-refractivity contribution in [2.75, 3.05) is 26.2 Å². The Labute approximate surface area is 148 Å². The van der Waals surface area contributed by atoms with E-state index in [0.717, 1.165) is 39.3 Å². The summed E-state index contributed by atoms with van der Waals surface area (Å²) in [7, 11) is 0. The Balaban J connectivity index is 1.52. The molecule has 2 aromatic rings. The Morgan fingerprint density at radius 2 is 1.48 bits per heavy atom. The third-order valence-corrected chi connectivity index (χ3v) is 5.25. The Morgan fingerprint density at radius 1 is 0.826 bits per heavy atom. The number of aryl methyl sites for hydroxylation is 1. The van der Waals surface area contributed by atoms with Gasteiger partial charge in [-0.1, -0.05) is 53.5 Å². The number of hydrogen-bond acceptors (Lipinski definition) is 2. The lowest BCUT2D eigenvalue weighted by Crippen LogP contribution is -2.45. The van der Waals surface area contributed by atoms with Crippen LogP contribution in [0.4, 0.5) is 0 Å². The molecule has 4 heteroatoms. The van der Waals surface area contributed by atoms with Gasteiger partial charge in [0.05, 0.1) is 10.0 Å². The first kappa shape index (κ1) is 16.8. The fraction of sp³-hybridized carbons (Fsp3) is 0.368.